The van der Waals surface area contributed by atoms with Gasteiger partial charge in [0, 0.05) is 28.0 Å². The van der Waals surface area contributed by atoms with Crippen molar-refractivity contribution in [3.05, 3.63) is 98.1 Å². The maximum Gasteiger partial charge on any atom is 0.252 e. The SMILES string of the molecule is NC(=O)c1c(Cc2ccc(I)cc2F)cc(F)cc1OCCCCC(=O)c1ccccc1. The average molecular weight is 549 g/mol. The van der Waals surface area contributed by atoms with Gasteiger partial charge < -0.3 is 10.5 Å². The van der Waals surface area contributed by atoms with E-state index in [2.05, 4.69) is 0 Å². The number of ketones is 1. The van der Waals surface area contributed by atoms with Crippen LogP contribution in [0, 0.1) is 15.2 Å². The Kier molecular flexibility index (Phi) is 8.33. The van der Waals surface area contributed by atoms with Gasteiger partial charge in [0.2, 0.25) is 0 Å². The van der Waals surface area contributed by atoms with Gasteiger partial charge in [-0.25, -0.2) is 8.78 Å². The van der Waals surface area contributed by atoms with E-state index >= 15 is 0 Å². The first-order chi connectivity index (χ1) is 15.3. The zero-order chi connectivity index (χ0) is 23.1. The van der Waals surface area contributed by atoms with Gasteiger partial charge in [0.15, 0.2) is 5.78 Å². The van der Waals surface area contributed by atoms with Gasteiger partial charge >= 0.3 is 0 Å². The van der Waals surface area contributed by atoms with Gasteiger partial charge in [-0.1, -0.05) is 36.4 Å². The van der Waals surface area contributed by atoms with Crippen molar-refractivity contribution in [3.63, 3.8) is 0 Å². The zero-order valence-corrected chi connectivity index (χ0v) is 19.4. The highest BCUT2D eigenvalue weighted by molar-refractivity contribution is 14.1. The smallest absolute Gasteiger partial charge is 0.252 e. The summed E-state index contributed by atoms with van der Waals surface area (Å²) in [5.41, 5.74) is 6.80. The molecule has 1 amide bonds. The summed E-state index contributed by atoms with van der Waals surface area (Å²) in [5.74, 6) is -1.77. The number of carbonyl (C=O) groups is 2. The first-order valence-corrected chi connectivity index (χ1v) is 11.2. The third kappa shape index (κ3) is 6.35. The van der Waals surface area contributed by atoms with Gasteiger partial charge in [-0.2, -0.15) is 0 Å². The highest BCUT2D eigenvalue weighted by atomic mass is 127. The number of amides is 1. The number of hydrogen-bond acceptors (Lipinski definition) is 3. The number of primary amides is 1. The Labute approximate surface area is 198 Å². The van der Waals surface area contributed by atoms with Crippen molar-refractivity contribution in [1.82, 2.24) is 0 Å². The maximum absolute atomic E-state index is 14.3. The standard InChI is InChI=1S/C25H22F2INO3/c26-19-13-18(12-17-9-10-20(28)15-21(17)27)24(25(29)31)23(14-19)32-11-5-4-8-22(30)16-6-2-1-3-7-16/h1-3,6-7,9-10,13-15H,4-5,8,11-12H2,(H2,29,31). The Morgan fingerprint density at radius 1 is 0.938 bits per heavy atom. The van der Waals surface area contributed by atoms with E-state index in [1.807, 2.05) is 40.8 Å². The minimum Gasteiger partial charge on any atom is -0.493 e. The number of nitrogens with two attached hydrogens (primary N) is 1. The van der Waals surface area contributed by atoms with Crippen LogP contribution in [0.5, 0.6) is 5.75 Å². The largest absolute Gasteiger partial charge is 0.493 e. The van der Waals surface area contributed by atoms with Crippen molar-refractivity contribution in [3.8, 4) is 5.75 Å². The summed E-state index contributed by atoms with van der Waals surface area (Å²) in [6.07, 6.45) is 1.47. The maximum atomic E-state index is 14.3. The van der Waals surface area contributed by atoms with Gasteiger partial charge in [-0.15, -0.1) is 0 Å². The molecule has 4 nitrogen and oxygen atoms in total. The third-order valence-corrected chi connectivity index (χ3v) is 5.61. The molecule has 0 heterocycles. The predicted octanol–water partition coefficient (Wildman–Crippen LogP) is 5.69. The Hall–Kier alpha value is -2.81. The second-order valence-corrected chi connectivity index (χ2v) is 8.56. The van der Waals surface area contributed by atoms with Crippen LogP contribution in [0.2, 0.25) is 0 Å². The zero-order valence-electron chi connectivity index (χ0n) is 17.2. The lowest BCUT2D eigenvalue weighted by molar-refractivity contribution is 0.0976. The number of ether oxygens (including phenoxy) is 1. The predicted molar refractivity (Wildman–Crippen MR) is 127 cm³/mol. The summed E-state index contributed by atoms with van der Waals surface area (Å²) in [7, 11) is 0. The van der Waals surface area contributed by atoms with Crippen LogP contribution >= 0.6 is 22.6 Å². The molecule has 0 saturated heterocycles. The lowest BCUT2D eigenvalue weighted by atomic mass is 9.98. The molecule has 3 aromatic carbocycles. The van der Waals surface area contributed by atoms with E-state index in [0.717, 1.165) is 9.64 Å². The minimum atomic E-state index is -0.778. The summed E-state index contributed by atoms with van der Waals surface area (Å²) in [6.45, 7) is 0.184. The lowest BCUT2D eigenvalue weighted by Crippen LogP contribution is -2.17. The van der Waals surface area contributed by atoms with Crippen molar-refractivity contribution in [1.29, 1.82) is 0 Å². The molecule has 32 heavy (non-hydrogen) atoms. The molecule has 0 spiro atoms. The first-order valence-electron chi connectivity index (χ1n) is 10.1. The summed E-state index contributed by atoms with van der Waals surface area (Å²) in [5, 5.41) is 0. The number of Topliss-reactive ketones (excluding diaryl/α,β-unsaturated/α-hetero) is 1. The number of hydrogen-bond donors (Lipinski definition) is 1. The van der Waals surface area contributed by atoms with Crippen LogP contribution in [0.4, 0.5) is 8.78 Å². The van der Waals surface area contributed by atoms with Crippen LogP contribution in [0.25, 0.3) is 0 Å². The van der Waals surface area contributed by atoms with Crippen LogP contribution in [-0.4, -0.2) is 18.3 Å². The molecular formula is C25H22F2INO3. The van der Waals surface area contributed by atoms with Crippen LogP contribution in [0.3, 0.4) is 0 Å². The molecule has 3 rings (SSSR count). The van der Waals surface area contributed by atoms with E-state index in [9.17, 15) is 18.4 Å². The van der Waals surface area contributed by atoms with Crippen LogP contribution in [0.15, 0.2) is 60.7 Å². The van der Waals surface area contributed by atoms with E-state index < -0.39 is 17.5 Å². The van der Waals surface area contributed by atoms with Crippen molar-refractivity contribution in [2.45, 2.75) is 25.7 Å². The number of unbranched alkanes of at least 4 members (excludes halogenated alkanes) is 1. The fourth-order valence-corrected chi connectivity index (χ4v) is 3.83. The van der Waals surface area contributed by atoms with Crippen molar-refractivity contribution < 1.29 is 23.1 Å². The Bertz CT molecular complexity index is 1120. The molecule has 0 aliphatic carbocycles. The van der Waals surface area contributed by atoms with Crippen molar-refractivity contribution in [2.24, 2.45) is 5.73 Å². The van der Waals surface area contributed by atoms with Gasteiger partial charge in [0.25, 0.3) is 5.91 Å². The summed E-state index contributed by atoms with van der Waals surface area (Å²) < 4.78 is 34.9. The molecule has 3 aromatic rings. The highest BCUT2D eigenvalue weighted by Crippen LogP contribution is 2.27. The summed E-state index contributed by atoms with van der Waals surface area (Å²) in [4.78, 5) is 24.2. The van der Waals surface area contributed by atoms with Gasteiger partial charge in [-0.3, -0.25) is 9.59 Å². The molecule has 0 fully saturated rings. The second kappa shape index (κ2) is 11.2. The van der Waals surface area contributed by atoms with E-state index in [4.69, 9.17) is 10.5 Å². The molecule has 0 atom stereocenters. The number of halogens is 3. The second-order valence-electron chi connectivity index (χ2n) is 7.31. The lowest BCUT2D eigenvalue weighted by Gasteiger charge is -2.15. The molecule has 166 valence electrons. The van der Waals surface area contributed by atoms with Crippen LogP contribution in [0.1, 0.15) is 51.1 Å². The molecule has 0 radical (unpaired) electrons. The van der Waals surface area contributed by atoms with Gasteiger partial charge in [0.05, 0.1) is 12.2 Å². The van der Waals surface area contributed by atoms with E-state index in [1.54, 1.807) is 24.3 Å². The normalized spacial score (nSPS) is 10.7. The van der Waals surface area contributed by atoms with Gasteiger partial charge in [0.1, 0.15) is 17.4 Å². The molecule has 7 heteroatoms. The third-order valence-electron chi connectivity index (χ3n) is 4.94. The number of rotatable bonds is 10. The average Bonchev–Trinajstić information content (AvgIpc) is 2.75. The summed E-state index contributed by atoms with van der Waals surface area (Å²) in [6, 6.07) is 16.0. The Morgan fingerprint density at radius 2 is 1.69 bits per heavy atom. The molecule has 0 aliphatic rings. The van der Waals surface area contributed by atoms with Crippen molar-refractivity contribution in [2.75, 3.05) is 6.61 Å². The Morgan fingerprint density at radius 3 is 2.38 bits per heavy atom. The van der Waals surface area contributed by atoms with E-state index in [0.29, 0.717) is 30.4 Å². The molecule has 2 N–H and O–H groups in total. The topological polar surface area (TPSA) is 69.4 Å². The van der Waals surface area contributed by atoms with E-state index in [-0.39, 0.29) is 35.7 Å². The monoisotopic (exact) mass is 549 g/mol. The first kappa shape index (κ1) is 23.8. The summed E-state index contributed by atoms with van der Waals surface area (Å²) >= 11 is 1.99. The molecule has 0 bridgehead atoms. The number of carbonyl (C=O) groups excluding carboxylic acids is 2. The van der Waals surface area contributed by atoms with E-state index in [1.165, 1.54) is 12.1 Å². The molecule has 0 saturated carbocycles. The quantitative estimate of drug-likeness (QED) is 0.201. The molecule has 0 unspecified atom stereocenters. The molecule has 0 aromatic heterocycles. The minimum absolute atomic E-state index is 0.000718. The van der Waals surface area contributed by atoms with Crippen molar-refractivity contribution >= 4 is 34.3 Å². The fraction of sp³-hybridized carbons (Fsp3) is 0.200. The highest BCUT2D eigenvalue weighted by Gasteiger charge is 2.19. The van der Waals surface area contributed by atoms with Crippen LogP contribution in [-0.2, 0) is 6.42 Å². The van der Waals surface area contributed by atoms with Crippen LogP contribution < -0.4 is 10.5 Å². The molecular weight excluding hydrogens is 527 g/mol. The van der Waals surface area contributed by atoms with Gasteiger partial charge in [-0.05, 0) is 64.8 Å². The number of benzene rings is 3. The molecule has 0 aliphatic heterocycles. The fourth-order valence-electron chi connectivity index (χ4n) is 3.38. The Balaban J connectivity index is 1.67.